The summed E-state index contributed by atoms with van der Waals surface area (Å²) in [5, 5.41) is 0. The molecule has 23 heavy (non-hydrogen) atoms. The van der Waals surface area contributed by atoms with E-state index >= 15 is 0 Å². The first kappa shape index (κ1) is 17.1. The number of rotatable bonds is 6. The van der Waals surface area contributed by atoms with Gasteiger partial charge in [0.2, 0.25) is 0 Å². The molecule has 0 saturated carbocycles. The Morgan fingerprint density at radius 3 is 2.57 bits per heavy atom. The molecule has 0 spiro atoms. The molecular weight excluding hydrogens is 290 g/mol. The molecule has 0 radical (unpaired) electrons. The zero-order valence-electron chi connectivity index (χ0n) is 14.2. The highest BCUT2D eigenvalue weighted by Crippen LogP contribution is 2.23. The molecule has 124 valence electrons. The molecule has 6 heteroatoms. The molecule has 1 atom stereocenters. The fourth-order valence-electron chi connectivity index (χ4n) is 2.59. The number of nitrogen functional groups attached to an aromatic ring is 1. The maximum atomic E-state index is 6.28. The topological polar surface area (TPSA) is 99.9 Å². The van der Waals surface area contributed by atoms with E-state index in [-0.39, 0.29) is 5.54 Å². The van der Waals surface area contributed by atoms with E-state index in [4.69, 9.17) is 16.2 Å². The van der Waals surface area contributed by atoms with Crippen molar-refractivity contribution in [3.05, 3.63) is 30.2 Å². The second-order valence-electron chi connectivity index (χ2n) is 6.65. The molecule has 2 rings (SSSR count). The van der Waals surface area contributed by atoms with Gasteiger partial charge in [-0.15, -0.1) is 0 Å². The Balaban J connectivity index is 2.11. The van der Waals surface area contributed by atoms with Gasteiger partial charge in [0.05, 0.1) is 17.1 Å². The van der Waals surface area contributed by atoms with Crippen molar-refractivity contribution in [1.29, 1.82) is 0 Å². The lowest BCUT2D eigenvalue weighted by molar-refractivity contribution is 0.205. The van der Waals surface area contributed by atoms with Crippen LogP contribution < -0.4 is 16.2 Å². The fraction of sp³-hybridized carbons (Fsp3) is 0.471. The Labute approximate surface area is 137 Å². The highest BCUT2D eigenvalue weighted by atomic mass is 16.5. The van der Waals surface area contributed by atoms with Crippen LogP contribution in [0, 0.1) is 12.8 Å². The van der Waals surface area contributed by atoms with Crippen LogP contribution in [0.1, 0.15) is 32.9 Å². The van der Waals surface area contributed by atoms with Gasteiger partial charge in [0.25, 0.3) is 0 Å². The molecule has 0 bridgehead atoms. The molecule has 2 heterocycles. The average Bonchev–Trinajstić information content (AvgIpc) is 2.44. The Morgan fingerprint density at radius 2 is 1.96 bits per heavy atom. The molecule has 0 aromatic carbocycles. The van der Waals surface area contributed by atoms with E-state index in [0.717, 1.165) is 23.6 Å². The van der Waals surface area contributed by atoms with E-state index in [2.05, 4.69) is 28.8 Å². The van der Waals surface area contributed by atoms with Gasteiger partial charge < -0.3 is 16.2 Å². The van der Waals surface area contributed by atoms with Gasteiger partial charge in [-0.2, -0.15) is 0 Å². The lowest BCUT2D eigenvalue weighted by Gasteiger charge is -2.26. The summed E-state index contributed by atoms with van der Waals surface area (Å²) in [6.45, 7) is 8.67. The minimum Gasteiger partial charge on any atom is -0.490 e. The highest BCUT2D eigenvalue weighted by Gasteiger charge is 2.21. The predicted octanol–water partition coefficient (Wildman–Crippen LogP) is 2.57. The Kier molecular flexibility index (Phi) is 5.15. The highest BCUT2D eigenvalue weighted by molar-refractivity contribution is 5.58. The van der Waals surface area contributed by atoms with Crippen molar-refractivity contribution >= 4 is 5.82 Å². The van der Waals surface area contributed by atoms with E-state index in [9.17, 15) is 0 Å². The number of nitrogens with two attached hydrogens (primary N) is 2. The molecule has 2 aromatic heterocycles. The summed E-state index contributed by atoms with van der Waals surface area (Å²) < 4.78 is 5.87. The summed E-state index contributed by atoms with van der Waals surface area (Å²) in [5.41, 5.74) is 13.8. The summed E-state index contributed by atoms with van der Waals surface area (Å²) in [6, 6.07) is 5.45. The Morgan fingerprint density at radius 1 is 1.22 bits per heavy atom. The first-order chi connectivity index (χ1) is 10.8. The van der Waals surface area contributed by atoms with Crippen molar-refractivity contribution < 1.29 is 4.74 Å². The SMILES string of the molecule is Cc1nc(-c2cc(N)ncn2)ccc1OCC(C)(N)CC(C)C. The standard InChI is InChI=1S/C17H25N5O/c1-11(2)8-17(4,19)9-23-15-6-5-13(22-12(15)3)14-7-16(18)21-10-20-14/h5-7,10-11H,8-9,19H2,1-4H3,(H2,18,20,21). The molecule has 0 fully saturated rings. The van der Waals surface area contributed by atoms with Gasteiger partial charge in [0.1, 0.15) is 24.5 Å². The van der Waals surface area contributed by atoms with Crippen molar-refractivity contribution in [1.82, 2.24) is 15.0 Å². The van der Waals surface area contributed by atoms with Crippen LogP contribution in [-0.2, 0) is 0 Å². The van der Waals surface area contributed by atoms with Crippen LogP contribution in [-0.4, -0.2) is 27.1 Å². The molecule has 0 aliphatic rings. The van der Waals surface area contributed by atoms with E-state index in [1.807, 2.05) is 26.0 Å². The molecule has 2 aromatic rings. The number of ether oxygens (including phenoxy) is 1. The lowest BCUT2D eigenvalue weighted by Crippen LogP contribution is -2.43. The fourth-order valence-corrected chi connectivity index (χ4v) is 2.59. The molecule has 6 nitrogen and oxygen atoms in total. The van der Waals surface area contributed by atoms with E-state index < -0.39 is 0 Å². The zero-order chi connectivity index (χ0) is 17.0. The van der Waals surface area contributed by atoms with Gasteiger partial charge in [-0.05, 0) is 38.3 Å². The van der Waals surface area contributed by atoms with Crippen LogP contribution in [0.4, 0.5) is 5.82 Å². The van der Waals surface area contributed by atoms with Gasteiger partial charge in [-0.1, -0.05) is 13.8 Å². The van der Waals surface area contributed by atoms with Gasteiger partial charge in [-0.25, -0.2) is 15.0 Å². The second-order valence-corrected chi connectivity index (χ2v) is 6.65. The monoisotopic (exact) mass is 315 g/mol. The van der Waals surface area contributed by atoms with Crippen molar-refractivity contribution in [2.75, 3.05) is 12.3 Å². The molecule has 0 aliphatic carbocycles. The molecule has 0 amide bonds. The first-order valence-electron chi connectivity index (χ1n) is 7.74. The maximum absolute atomic E-state index is 6.28. The van der Waals surface area contributed by atoms with Crippen molar-refractivity contribution in [3.8, 4) is 17.1 Å². The largest absolute Gasteiger partial charge is 0.490 e. The molecular formula is C17H25N5O. The number of aromatic nitrogens is 3. The average molecular weight is 315 g/mol. The summed E-state index contributed by atoms with van der Waals surface area (Å²) in [7, 11) is 0. The van der Waals surface area contributed by atoms with Gasteiger partial charge in [0, 0.05) is 11.6 Å². The molecule has 4 N–H and O–H groups in total. The predicted molar refractivity (Wildman–Crippen MR) is 92.0 cm³/mol. The van der Waals surface area contributed by atoms with Crippen LogP contribution in [0.15, 0.2) is 24.5 Å². The Hall–Kier alpha value is -2.21. The van der Waals surface area contributed by atoms with E-state index in [0.29, 0.717) is 24.0 Å². The third-order valence-corrected chi connectivity index (χ3v) is 3.42. The normalized spacial score (nSPS) is 13.8. The van der Waals surface area contributed by atoms with Crippen LogP contribution in [0.2, 0.25) is 0 Å². The third kappa shape index (κ3) is 4.89. The smallest absolute Gasteiger partial charge is 0.140 e. The Bertz CT molecular complexity index is 670. The van der Waals surface area contributed by atoms with Crippen LogP contribution in [0.5, 0.6) is 5.75 Å². The minimum atomic E-state index is -0.361. The molecule has 1 unspecified atom stereocenters. The summed E-state index contributed by atoms with van der Waals surface area (Å²) in [6.07, 6.45) is 2.33. The number of aryl methyl sites for hydroxylation is 1. The summed E-state index contributed by atoms with van der Waals surface area (Å²) >= 11 is 0. The maximum Gasteiger partial charge on any atom is 0.140 e. The van der Waals surface area contributed by atoms with Crippen LogP contribution >= 0.6 is 0 Å². The second kappa shape index (κ2) is 6.91. The minimum absolute atomic E-state index is 0.361. The quantitative estimate of drug-likeness (QED) is 0.850. The molecule has 0 saturated heterocycles. The number of nitrogens with zero attached hydrogens (tertiary/aromatic N) is 3. The van der Waals surface area contributed by atoms with Crippen molar-refractivity contribution in [2.45, 2.75) is 39.7 Å². The number of pyridine rings is 1. The zero-order valence-corrected chi connectivity index (χ0v) is 14.2. The van der Waals surface area contributed by atoms with E-state index in [1.165, 1.54) is 6.33 Å². The van der Waals surface area contributed by atoms with E-state index in [1.54, 1.807) is 6.07 Å². The van der Waals surface area contributed by atoms with Crippen LogP contribution in [0.3, 0.4) is 0 Å². The lowest BCUT2D eigenvalue weighted by atomic mass is 9.93. The molecule has 0 aliphatic heterocycles. The van der Waals surface area contributed by atoms with Crippen molar-refractivity contribution in [2.24, 2.45) is 11.7 Å². The first-order valence-corrected chi connectivity index (χ1v) is 7.74. The van der Waals surface area contributed by atoms with Gasteiger partial charge in [0.15, 0.2) is 0 Å². The third-order valence-electron chi connectivity index (χ3n) is 3.42. The number of hydrogen-bond donors (Lipinski definition) is 2. The van der Waals surface area contributed by atoms with Crippen LogP contribution in [0.25, 0.3) is 11.4 Å². The van der Waals surface area contributed by atoms with Gasteiger partial charge in [-0.3, -0.25) is 0 Å². The van der Waals surface area contributed by atoms with Crippen molar-refractivity contribution in [3.63, 3.8) is 0 Å². The van der Waals surface area contributed by atoms with Gasteiger partial charge >= 0.3 is 0 Å². The summed E-state index contributed by atoms with van der Waals surface area (Å²) in [4.78, 5) is 12.6. The summed E-state index contributed by atoms with van der Waals surface area (Å²) in [5.74, 6) is 1.68. The number of anilines is 1. The number of hydrogen-bond acceptors (Lipinski definition) is 6.